The first kappa shape index (κ1) is 21.3. The molecule has 0 fully saturated rings. The van der Waals surface area contributed by atoms with Gasteiger partial charge in [-0.3, -0.25) is 10.1 Å². The van der Waals surface area contributed by atoms with Crippen LogP contribution in [0.2, 0.25) is 0 Å². The molecule has 0 aliphatic rings. The Morgan fingerprint density at radius 1 is 1.17 bits per heavy atom. The first-order chi connectivity index (χ1) is 13.7. The summed E-state index contributed by atoms with van der Waals surface area (Å²) in [6, 6.07) is 6.44. The van der Waals surface area contributed by atoms with Crippen LogP contribution in [0.3, 0.4) is 0 Å². The molecule has 0 spiro atoms. The molecule has 2 aromatic heterocycles. The molecule has 6 nitrogen and oxygen atoms in total. The number of fused-ring (bicyclic) bond motifs is 1. The average Bonchev–Trinajstić information content (AvgIpc) is 2.97. The van der Waals surface area contributed by atoms with E-state index >= 15 is 0 Å². The van der Waals surface area contributed by atoms with E-state index < -0.39 is 6.23 Å². The van der Waals surface area contributed by atoms with E-state index in [9.17, 15) is 9.90 Å². The largest absolute Gasteiger partial charge is 0.374 e. The highest BCUT2D eigenvalue weighted by Gasteiger charge is 2.19. The summed E-state index contributed by atoms with van der Waals surface area (Å²) in [6.07, 6.45) is 1.98. The maximum absolute atomic E-state index is 12.3. The van der Waals surface area contributed by atoms with Gasteiger partial charge in [-0.25, -0.2) is 0 Å². The number of aliphatic hydroxyl groups excluding tert-OH is 1. The monoisotopic (exact) mass is 396 g/mol. The van der Waals surface area contributed by atoms with Crippen LogP contribution in [0.5, 0.6) is 0 Å². The molecule has 6 heteroatoms. The summed E-state index contributed by atoms with van der Waals surface area (Å²) in [4.78, 5) is 15.1. The summed E-state index contributed by atoms with van der Waals surface area (Å²) in [5.74, 6) is 0. The van der Waals surface area contributed by atoms with Gasteiger partial charge in [0, 0.05) is 46.5 Å². The van der Waals surface area contributed by atoms with Crippen LogP contribution in [0, 0.1) is 20.8 Å². The summed E-state index contributed by atoms with van der Waals surface area (Å²) < 4.78 is 2.23. The van der Waals surface area contributed by atoms with Gasteiger partial charge in [0.2, 0.25) is 0 Å². The molecule has 0 saturated heterocycles. The van der Waals surface area contributed by atoms with Gasteiger partial charge in [-0.2, -0.15) is 0 Å². The number of hydrogen-bond donors (Lipinski definition) is 4. The van der Waals surface area contributed by atoms with E-state index in [-0.39, 0.29) is 12.1 Å². The lowest BCUT2D eigenvalue weighted by Crippen LogP contribution is -2.26. The lowest BCUT2D eigenvalue weighted by atomic mass is 10.00. The van der Waals surface area contributed by atoms with Crippen molar-refractivity contribution in [1.82, 2.24) is 14.9 Å². The second-order valence-electron chi connectivity index (χ2n) is 8.16. The van der Waals surface area contributed by atoms with E-state index in [1.807, 2.05) is 26.0 Å². The molecule has 2 heterocycles. The summed E-state index contributed by atoms with van der Waals surface area (Å²) in [5, 5.41) is 15.2. The fourth-order valence-corrected chi connectivity index (χ4v) is 4.05. The smallest absolute Gasteiger partial charge is 0.252 e. The Bertz CT molecular complexity index is 1080. The minimum absolute atomic E-state index is 0.119. The molecule has 3 rings (SSSR count). The summed E-state index contributed by atoms with van der Waals surface area (Å²) in [7, 11) is 0. The van der Waals surface area contributed by atoms with Crippen molar-refractivity contribution in [2.75, 3.05) is 6.54 Å². The van der Waals surface area contributed by atoms with Gasteiger partial charge in [0.05, 0.1) is 0 Å². The third kappa shape index (κ3) is 4.29. The Balaban J connectivity index is 2.00. The zero-order valence-electron chi connectivity index (χ0n) is 18.0. The average molecular weight is 397 g/mol. The Morgan fingerprint density at radius 2 is 1.90 bits per heavy atom. The number of hydrogen-bond acceptors (Lipinski definition) is 4. The molecule has 156 valence electrons. The summed E-state index contributed by atoms with van der Waals surface area (Å²) >= 11 is 0. The third-order valence-corrected chi connectivity index (χ3v) is 5.46. The van der Waals surface area contributed by atoms with Gasteiger partial charge in [-0.15, -0.1) is 0 Å². The molecule has 3 aromatic rings. The predicted octanol–water partition coefficient (Wildman–Crippen LogP) is 3.12. The number of aromatic nitrogens is 2. The van der Waals surface area contributed by atoms with Crippen molar-refractivity contribution in [3.05, 3.63) is 68.3 Å². The van der Waals surface area contributed by atoms with Gasteiger partial charge < -0.3 is 20.4 Å². The van der Waals surface area contributed by atoms with Gasteiger partial charge in [0.25, 0.3) is 5.56 Å². The number of rotatable bonds is 7. The van der Waals surface area contributed by atoms with Gasteiger partial charge >= 0.3 is 0 Å². The first-order valence-corrected chi connectivity index (χ1v) is 10.2. The van der Waals surface area contributed by atoms with E-state index in [1.165, 1.54) is 0 Å². The topological polar surface area (TPSA) is 96.1 Å². The zero-order valence-corrected chi connectivity index (χ0v) is 18.0. The summed E-state index contributed by atoms with van der Waals surface area (Å²) in [5.41, 5.74) is 12.2. The van der Waals surface area contributed by atoms with Crippen molar-refractivity contribution >= 4 is 10.9 Å². The molecule has 1 aromatic carbocycles. The van der Waals surface area contributed by atoms with Crippen LogP contribution in [-0.4, -0.2) is 21.2 Å². The predicted molar refractivity (Wildman–Crippen MR) is 118 cm³/mol. The minimum atomic E-state index is -0.892. The van der Waals surface area contributed by atoms with Gasteiger partial charge in [0.1, 0.15) is 6.23 Å². The number of aryl methyl sites for hydroxylation is 3. The quantitative estimate of drug-likeness (QED) is 0.462. The van der Waals surface area contributed by atoms with Crippen molar-refractivity contribution in [3.63, 3.8) is 0 Å². The fraction of sp³-hybridized carbons (Fsp3) is 0.435. The highest BCUT2D eigenvalue weighted by Crippen LogP contribution is 2.32. The molecule has 0 aliphatic carbocycles. The Hall–Kier alpha value is -2.41. The molecule has 29 heavy (non-hydrogen) atoms. The Morgan fingerprint density at radius 3 is 2.52 bits per heavy atom. The lowest BCUT2D eigenvalue weighted by molar-refractivity contribution is 0.138. The molecular formula is C23H32N4O2. The maximum atomic E-state index is 12.3. The van der Waals surface area contributed by atoms with Gasteiger partial charge in [0.15, 0.2) is 0 Å². The number of pyridine rings is 1. The molecular weight excluding hydrogens is 364 g/mol. The van der Waals surface area contributed by atoms with E-state index in [4.69, 9.17) is 5.73 Å². The second kappa shape index (κ2) is 8.53. The number of nitrogens with zero attached hydrogens (tertiary/aromatic N) is 1. The van der Waals surface area contributed by atoms with Crippen molar-refractivity contribution < 1.29 is 5.11 Å². The van der Waals surface area contributed by atoms with E-state index in [0.29, 0.717) is 18.2 Å². The highest BCUT2D eigenvalue weighted by molar-refractivity contribution is 5.88. The van der Waals surface area contributed by atoms with Crippen LogP contribution in [0.4, 0.5) is 0 Å². The molecule has 0 aliphatic heterocycles. The van der Waals surface area contributed by atoms with Gasteiger partial charge in [-0.05, 0) is 76.4 Å². The minimum Gasteiger partial charge on any atom is -0.374 e. The molecule has 5 N–H and O–H groups in total. The maximum Gasteiger partial charge on any atom is 0.252 e. The summed E-state index contributed by atoms with van der Waals surface area (Å²) in [6.45, 7) is 11.0. The van der Waals surface area contributed by atoms with E-state index in [2.05, 4.69) is 47.9 Å². The van der Waals surface area contributed by atoms with Crippen molar-refractivity contribution in [1.29, 1.82) is 0 Å². The Kier molecular flexibility index (Phi) is 6.27. The first-order valence-electron chi connectivity index (χ1n) is 10.2. The molecule has 0 radical (unpaired) electrons. The van der Waals surface area contributed by atoms with E-state index in [0.717, 1.165) is 45.3 Å². The van der Waals surface area contributed by atoms with Crippen molar-refractivity contribution in [2.45, 2.75) is 59.9 Å². The number of aromatic amines is 1. The fourth-order valence-electron chi connectivity index (χ4n) is 4.05. The number of benzene rings is 1. The molecule has 0 saturated carbocycles. The van der Waals surface area contributed by atoms with Crippen LogP contribution in [0.1, 0.15) is 59.6 Å². The number of nitrogens with one attached hydrogen (secondary N) is 2. The lowest BCUT2D eigenvalue weighted by Gasteiger charge is -2.18. The molecule has 1 unspecified atom stereocenters. The van der Waals surface area contributed by atoms with E-state index in [1.54, 1.807) is 0 Å². The Labute approximate surface area is 171 Å². The molecule has 0 bridgehead atoms. The second-order valence-corrected chi connectivity index (χ2v) is 8.16. The van der Waals surface area contributed by atoms with Crippen LogP contribution >= 0.6 is 0 Å². The third-order valence-electron chi connectivity index (χ3n) is 5.46. The van der Waals surface area contributed by atoms with Crippen molar-refractivity contribution in [3.8, 4) is 0 Å². The highest BCUT2D eigenvalue weighted by atomic mass is 16.3. The number of nitrogens with two attached hydrogens (primary N) is 1. The van der Waals surface area contributed by atoms with Crippen LogP contribution < -0.4 is 16.6 Å². The zero-order chi connectivity index (χ0) is 21.3. The number of H-pyrrole nitrogens is 1. The van der Waals surface area contributed by atoms with Crippen molar-refractivity contribution in [2.24, 2.45) is 5.73 Å². The SMILES string of the molecule is Cc1cc(C)c(CNC(O)c2cc(CCN)cc3c2c(C)cn3C(C)C)c(=O)[nH]1. The molecule has 0 amide bonds. The van der Waals surface area contributed by atoms with Gasteiger partial charge in [-0.1, -0.05) is 6.07 Å². The normalized spacial score (nSPS) is 12.8. The van der Waals surface area contributed by atoms with Crippen LogP contribution in [-0.2, 0) is 13.0 Å². The standard InChI is InChI=1S/C23H32N4O2/c1-13(2)27-12-15(4)21-18(9-17(6-7-24)10-20(21)27)22(28)25-11-19-14(3)8-16(5)26-23(19)29/h8-10,12-13,22,25,28H,6-7,11,24H2,1-5H3,(H,26,29). The van der Waals surface area contributed by atoms with Crippen LogP contribution in [0.25, 0.3) is 10.9 Å². The number of aliphatic hydroxyl groups is 1. The molecule has 1 atom stereocenters. The van der Waals surface area contributed by atoms with Crippen LogP contribution in [0.15, 0.2) is 29.2 Å².